The number of hydrogen-bond donors (Lipinski definition) is 1. The molecule has 22 heavy (non-hydrogen) atoms. The highest BCUT2D eigenvalue weighted by molar-refractivity contribution is 5.92. The summed E-state index contributed by atoms with van der Waals surface area (Å²) in [6, 6.07) is 16.0. The van der Waals surface area contributed by atoms with E-state index in [4.69, 9.17) is 0 Å². The van der Waals surface area contributed by atoms with E-state index in [0.29, 0.717) is 5.56 Å². The minimum absolute atomic E-state index is 0.0501. The first kappa shape index (κ1) is 16.0. The summed E-state index contributed by atoms with van der Waals surface area (Å²) in [5.74, 6) is -0.229. The van der Waals surface area contributed by atoms with Crippen LogP contribution in [0, 0.1) is 11.7 Å². The predicted molar refractivity (Wildman–Crippen MR) is 87.6 cm³/mol. The molecule has 0 unspecified atom stereocenters. The Morgan fingerprint density at radius 2 is 1.82 bits per heavy atom. The number of carbonyl (C=O) groups excluding carboxylic acids is 1. The van der Waals surface area contributed by atoms with E-state index >= 15 is 0 Å². The van der Waals surface area contributed by atoms with Gasteiger partial charge in [0.05, 0.1) is 6.04 Å². The number of rotatable bonds is 5. The molecule has 0 fully saturated rings. The van der Waals surface area contributed by atoms with Crippen molar-refractivity contribution in [3.63, 3.8) is 0 Å². The Morgan fingerprint density at radius 3 is 2.45 bits per heavy atom. The van der Waals surface area contributed by atoms with Gasteiger partial charge in [-0.1, -0.05) is 56.3 Å². The summed E-state index contributed by atoms with van der Waals surface area (Å²) in [6.45, 7) is 4.13. The fourth-order valence-corrected chi connectivity index (χ4v) is 2.28. The van der Waals surface area contributed by atoms with Crippen LogP contribution in [0.3, 0.4) is 0 Å². The van der Waals surface area contributed by atoms with E-state index in [1.807, 2.05) is 30.3 Å². The summed E-state index contributed by atoms with van der Waals surface area (Å²) in [5.41, 5.74) is 1.74. The van der Waals surface area contributed by atoms with Crippen molar-refractivity contribution in [1.82, 2.24) is 5.32 Å². The maximum absolute atomic E-state index is 13.1. The molecule has 0 radical (unpaired) electrons. The number of amides is 1. The molecule has 2 aromatic carbocycles. The van der Waals surface area contributed by atoms with E-state index in [1.54, 1.807) is 18.2 Å². The highest BCUT2D eigenvalue weighted by Crippen LogP contribution is 2.21. The normalized spacial score (nSPS) is 12.5. The van der Waals surface area contributed by atoms with Crippen LogP contribution in [0.5, 0.6) is 0 Å². The Kier molecular flexibility index (Phi) is 5.48. The molecule has 1 atom stereocenters. The third kappa shape index (κ3) is 4.55. The molecule has 0 heterocycles. The van der Waals surface area contributed by atoms with E-state index in [-0.39, 0.29) is 23.7 Å². The fourth-order valence-electron chi connectivity index (χ4n) is 2.28. The average Bonchev–Trinajstić information content (AvgIpc) is 2.51. The van der Waals surface area contributed by atoms with Gasteiger partial charge in [0, 0.05) is 6.08 Å². The molecular weight excluding hydrogens is 277 g/mol. The highest BCUT2D eigenvalue weighted by atomic mass is 19.1. The van der Waals surface area contributed by atoms with E-state index in [1.165, 1.54) is 18.2 Å². The monoisotopic (exact) mass is 297 g/mol. The molecule has 0 aliphatic rings. The standard InChI is InChI=1S/C19H20FNO/c1-14(2)19(16-8-4-3-5-9-16)21-18(22)12-11-15-7-6-10-17(20)13-15/h3-14,19H,1-2H3,(H,21,22)/b12-11+/t19-/m0/s1. The lowest BCUT2D eigenvalue weighted by Gasteiger charge is -2.22. The number of carbonyl (C=O) groups is 1. The summed E-state index contributed by atoms with van der Waals surface area (Å²) in [5, 5.41) is 3.00. The molecule has 3 heteroatoms. The second-order valence-electron chi connectivity index (χ2n) is 5.53. The molecule has 0 aromatic heterocycles. The predicted octanol–water partition coefficient (Wildman–Crippen LogP) is 4.35. The molecule has 0 spiro atoms. The second kappa shape index (κ2) is 7.55. The van der Waals surface area contributed by atoms with Crippen molar-refractivity contribution in [2.75, 3.05) is 0 Å². The third-order valence-corrected chi connectivity index (χ3v) is 3.40. The van der Waals surface area contributed by atoms with Crippen molar-refractivity contribution >= 4 is 12.0 Å². The Labute approximate surface area is 130 Å². The highest BCUT2D eigenvalue weighted by Gasteiger charge is 2.16. The zero-order valence-corrected chi connectivity index (χ0v) is 12.8. The maximum atomic E-state index is 13.1. The summed E-state index contributed by atoms with van der Waals surface area (Å²) >= 11 is 0. The van der Waals surface area contributed by atoms with Crippen molar-refractivity contribution in [1.29, 1.82) is 0 Å². The van der Waals surface area contributed by atoms with Crippen LogP contribution in [-0.4, -0.2) is 5.91 Å². The number of nitrogens with one attached hydrogen (secondary N) is 1. The van der Waals surface area contributed by atoms with Gasteiger partial charge < -0.3 is 5.32 Å². The zero-order valence-electron chi connectivity index (χ0n) is 12.8. The molecule has 0 aliphatic carbocycles. The molecule has 0 saturated carbocycles. The molecule has 1 amide bonds. The van der Waals surface area contributed by atoms with Gasteiger partial charge in [-0.15, -0.1) is 0 Å². The first-order valence-corrected chi connectivity index (χ1v) is 7.35. The smallest absolute Gasteiger partial charge is 0.244 e. The number of benzene rings is 2. The van der Waals surface area contributed by atoms with Crippen molar-refractivity contribution < 1.29 is 9.18 Å². The zero-order chi connectivity index (χ0) is 15.9. The van der Waals surface area contributed by atoms with Gasteiger partial charge in [-0.05, 0) is 35.3 Å². The van der Waals surface area contributed by atoms with Gasteiger partial charge in [0.25, 0.3) is 0 Å². The fraction of sp³-hybridized carbons (Fsp3) is 0.211. The van der Waals surface area contributed by atoms with Crippen LogP contribution in [0.1, 0.15) is 31.0 Å². The molecule has 0 saturated heterocycles. The van der Waals surface area contributed by atoms with Gasteiger partial charge in [0.1, 0.15) is 5.82 Å². The van der Waals surface area contributed by atoms with Crippen LogP contribution in [0.2, 0.25) is 0 Å². The summed E-state index contributed by atoms with van der Waals surface area (Å²) < 4.78 is 13.1. The molecule has 0 bridgehead atoms. The van der Waals surface area contributed by atoms with Gasteiger partial charge >= 0.3 is 0 Å². The quantitative estimate of drug-likeness (QED) is 0.817. The Morgan fingerprint density at radius 1 is 1.09 bits per heavy atom. The Hall–Kier alpha value is -2.42. The van der Waals surface area contributed by atoms with Crippen molar-refractivity contribution in [3.05, 3.63) is 77.6 Å². The molecule has 0 aliphatic heterocycles. The molecule has 2 nitrogen and oxygen atoms in total. The Balaban J connectivity index is 2.06. The number of hydrogen-bond acceptors (Lipinski definition) is 1. The Bertz CT molecular complexity index is 649. The van der Waals surface area contributed by atoms with E-state index in [9.17, 15) is 9.18 Å². The van der Waals surface area contributed by atoms with Gasteiger partial charge in [0.2, 0.25) is 5.91 Å². The van der Waals surface area contributed by atoms with Crippen LogP contribution in [0.25, 0.3) is 6.08 Å². The second-order valence-corrected chi connectivity index (χ2v) is 5.53. The summed E-state index contributed by atoms with van der Waals surface area (Å²) in [4.78, 5) is 12.1. The van der Waals surface area contributed by atoms with E-state index in [2.05, 4.69) is 19.2 Å². The lowest BCUT2D eigenvalue weighted by molar-refractivity contribution is -0.117. The molecule has 1 N–H and O–H groups in total. The minimum atomic E-state index is -0.313. The van der Waals surface area contributed by atoms with E-state index < -0.39 is 0 Å². The average molecular weight is 297 g/mol. The molecule has 114 valence electrons. The lowest BCUT2D eigenvalue weighted by Crippen LogP contribution is -2.30. The molecule has 2 aromatic rings. The summed E-state index contributed by atoms with van der Waals surface area (Å²) in [7, 11) is 0. The van der Waals surface area contributed by atoms with Crippen molar-refractivity contribution in [3.8, 4) is 0 Å². The van der Waals surface area contributed by atoms with Crippen LogP contribution in [-0.2, 0) is 4.79 Å². The molecular formula is C19H20FNO. The minimum Gasteiger partial charge on any atom is -0.345 e. The van der Waals surface area contributed by atoms with Crippen molar-refractivity contribution in [2.24, 2.45) is 5.92 Å². The van der Waals surface area contributed by atoms with Gasteiger partial charge in [-0.3, -0.25) is 4.79 Å². The molecule has 2 rings (SSSR count). The maximum Gasteiger partial charge on any atom is 0.244 e. The largest absolute Gasteiger partial charge is 0.345 e. The SMILES string of the molecule is CC(C)[C@H](NC(=O)/C=C/c1cccc(F)c1)c1ccccc1. The van der Waals surface area contributed by atoms with Crippen LogP contribution in [0.15, 0.2) is 60.7 Å². The number of halogens is 1. The van der Waals surface area contributed by atoms with Crippen LogP contribution < -0.4 is 5.32 Å². The van der Waals surface area contributed by atoms with Crippen molar-refractivity contribution in [2.45, 2.75) is 19.9 Å². The topological polar surface area (TPSA) is 29.1 Å². The first-order valence-electron chi connectivity index (χ1n) is 7.35. The van der Waals surface area contributed by atoms with Gasteiger partial charge in [-0.2, -0.15) is 0 Å². The third-order valence-electron chi connectivity index (χ3n) is 3.40. The van der Waals surface area contributed by atoms with Gasteiger partial charge in [-0.25, -0.2) is 4.39 Å². The van der Waals surface area contributed by atoms with Crippen LogP contribution in [0.4, 0.5) is 4.39 Å². The van der Waals surface area contributed by atoms with Gasteiger partial charge in [0.15, 0.2) is 0 Å². The lowest BCUT2D eigenvalue weighted by atomic mass is 9.96. The summed E-state index contributed by atoms with van der Waals surface area (Å²) in [6.07, 6.45) is 3.05. The van der Waals surface area contributed by atoms with Crippen LogP contribution >= 0.6 is 0 Å². The first-order chi connectivity index (χ1) is 10.6. The van der Waals surface area contributed by atoms with E-state index in [0.717, 1.165) is 5.56 Å².